The number of carbonyl (C=O) groups is 3. The zero-order valence-corrected chi connectivity index (χ0v) is 18.2. The lowest BCUT2D eigenvalue weighted by atomic mass is 9.78. The van der Waals surface area contributed by atoms with Crippen LogP contribution in [0.15, 0.2) is 54.6 Å². The van der Waals surface area contributed by atoms with Gasteiger partial charge >= 0.3 is 0 Å². The molecule has 0 radical (unpaired) electrons. The number of nitrogens with one attached hydrogen (secondary N) is 1. The molecule has 2 aromatic rings. The monoisotopic (exact) mass is 416 g/mol. The van der Waals surface area contributed by atoms with Gasteiger partial charge in [-0.05, 0) is 60.6 Å². The maximum atomic E-state index is 13.0. The van der Waals surface area contributed by atoms with Crippen LogP contribution in [0.4, 0.5) is 11.4 Å². The lowest BCUT2D eigenvalue weighted by molar-refractivity contribution is -0.122. The van der Waals surface area contributed by atoms with Crippen LogP contribution in [0.3, 0.4) is 0 Å². The van der Waals surface area contributed by atoms with Gasteiger partial charge in [-0.15, -0.1) is 0 Å². The number of allylic oxidation sites excluding steroid dienone is 2. The van der Waals surface area contributed by atoms with Crippen molar-refractivity contribution in [1.82, 2.24) is 0 Å². The molecule has 1 N–H and O–H groups in total. The van der Waals surface area contributed by atoms with Crippen molar-refractivity contribution in [2.45, 2.75) is 40.0 Å². The van der Waals surface area contributed by atoms with E-state index in [1.165, 1.54) is 4.90 Å². The maximum absolute atomic E-state index is 13.0. The molecule has 3 amide bonds. The molecule has 2 aromatic carbocycles. The third-order valence-corrected chi connectivity index (χ3v) is 6.50. The Bertz CT molecular complexity index is 1030. The number of para-hydroxylation sites is 1. The SMILES string of the molecule is CCc1cccc(CC)c1NC(=O)c1ccc(N2C(=O)[C@@H]3[C@H](C)C=CC[C@H]3C2=O)cc1. The van der Waals surface area contributed by atoms with E-state index >= 15 is 0 Å². The second kappa shape index (κ2) is 8.50. The molecule has 3 atom stereocenters. The van der Waals surface area contributed by atoms with Crippen LogP contribution in [-0.2, 0) is 22.4 Å². The van der Waals surface area contributed by atoms with Gasteiger partial charge in [0.2, 0.25) is 11.8 Å². The predicted molar refractivity (Wildman–Crippen MR) is 122 cm³/mol. The fraction of sp³-hybridized carbons (Fsp3) is 0.346. The van der Waals surface area contributed by atoms with Crippen molar-refractivity contribution in [2.75, 3.05) is 10.2 Å². The number of carbonyl (C=O) groups excluding carboxylic acids is 3. The summed E-state index contributed by atoms with van der Waals surface area (Å²) in [6.45, 7) is 6.11. The number of aryl methyl sites for hydroxylation is 2. The number of amides is 3. The van der Waals surface area contributed by atoms with Gasteiger partial charge in [-0.25, -0.2) is 0 Å². The molecule has 1 saturated heterocycles. The van der Waals surface area contributed by atoms with E-state index in [2.05, 4.69) is 19.2 Å². The molecule has 5 nitrogen and oxygen atoms in total. The highest BCUT2D eigenvalue weighted by Crippen LogP contribution is 2.40. The molecule has 4 rings (SSSR count). The second-order valence-electron chi connectivity index (χ2n) is 8.33. The number of fused-ring (bicyclic) bond motifs is 1. The van der Waals surface area contributed by atoms with E-state index in [-0.39, 0.29) is 35.5 Å². The minimum atomic E-state index is -0.293. The highest BCUT2D eigenvalue weighted by molar-refractivity contribution is 6.22. The molecule has 0 aromatic heterocycles. The second-order valence-corrected chi connectivity index (χ2v) is 8.33. The van der Waals surface area contributed by atoms with Gasteiger partial charge in [0.1, 0.15) is 0 Å². The molecule has 5 heteroatoms. The van der Waals surface area contributed by atoms with Gasteiger partial charge in [0.15, 0.2) is 0 Å². The van der Waals surface area contributed by atoms with Crippen molar-refractivity contribution in [3.8, 4) is 0 Å². The molecule has 160 valence electrons. The van der Waals surface area contributed by atoms with Gasteiger partial charge in [-0.2, -0.15) is 0 Å². The first-order valence-electron chi connectivity index (χ1n) is 11.0. The Kier molecular flexibility index (Phi) is 5.77. The lowest BCUT2D eigenvalue weighted by Gasteiger charge is -2.22. The van der Waals surface area contributed by atoms with Crippen LogP contribution in [0, 0.1) is 17.8 Å². The highest BCUT2D eigenvalue weighted by Gasteiger charge is 2.50. The van der Waals surface area contributed by atoms with Crippen LogP contribution in [0.25, 0.3) is 0 Å². The van der Waals surface area contributed by atoms with Crippen LogP contribution < -0.4 is 10.2 Å². The van der Waals surface area contributed by atoms with Crippen molar-refractivity contribution in [1.29, 1.82) is 0 Å². The van der Waals surface area contributed by atoms with Crippen LogP contribution in [0.5, 0.6) is 0 Å². The van der Waals surface area contributed by atoms with E-state index in [4.69, 9.17) is 0 Å². The van der Waals surface area contributed by atoms with Crippen LogP contribution in [-0.4, -0.2) is 17.7 Å². The summed E-state index contributed by atoms with van der Waals surface area (Å²) >= 11 is 0. The summed E-state index contributed by atoms with van der Waals surface area (Å²) in [7, 11) is 0. The molecule has 0 unspecified atom stereocenters. The molecule has 1 fully saturated rings. The van der Waals surface area contributed by atoms with E-state index in [9.17, 15) is 14.4 Å². The number of rotatable bonds is 5. The Labute approximate surface area is 183 Å². The molecule has 1 aliphatic heterocycles. The maximum Gasteiger partial charge on any atom is 0.255 e. The first-order valence-corrected chi connectivity index (χ1v) is 11.0. The molecular weight excluding hydrogens is 388 g/mol. The Morgan fingerprint density at radius 2 is 1.65 bits per heavy atom. The third kappa shape index (κ3) is 3.69. The summed E-state index contributed by atoms with van der Waals surface area (Å²) < 4.78 is 0. The van der Waals surface area contributed by atoms with E-state index in [0.717, 1.165) is 29.7 Å². The summed E-state index contributed by atoms with van der Waals surface area (Å²) in [5.74, 6) is -1.02. The van der Waals surface area contributed by atoms with Crippen LogP contribution >= 0.6 is 0 Å². The summed E-state index contributed by atoms with van der Waals surface area (Å²) in [5, 5.41) is 3.06. The van der Waals surface area contributed by atoms with E-state index in [1.807, 2.05) is 37.3 Å². The van der Waals surface area contributed by atoms with Crippen LogP contribution in [0.2, 0.25) is 0 Å². The average Bonchev–Trinajstić information content (AvgIpc) is 3.05. The van der Waals surface area contributed by atoms with Crippen molar-refractivity contribution in [3.63, 3.8) is 0 Å². The molecule has 0 spiro atoms. The summed E-state index contributed by atoms with van der Waals surface area (Å²) in [4.78, 5) is 40.0. The minimum Gasteiger partial charge on any atom is -0.321 e. The van der Waals surface area contributed by atoms with Gasteiger partial charge in [0, 0.05) is 11.3 Å². The topological polar surface area (TPSA) is 66.5 Å². The van der Waals surface area contributed by atoms with Crippen molar-refractivity contribution in [3.05, 3.63) is 71.3 Å². The van der Waals surface area contributed by atoms with Gasteiger partial charge < -0.3 is 5.32 Å². The quantitative estimate of drug-likeness (QED) is 0.564. The van der Waals surface area contributed by atoms with Gasteiger partial charge in [-0.3, -0.25) is 19.3 Å². The zero-order valence-electron chi connectivity index (χ0n) is 18.2. The number of benzene rings is 2. The van der Waals surface area contributed by atoms with Gasteiger partial charge in [0.05, 0.1) is 17.5 Å². The normalized spacial score (nSPS) is 22.5. The molecule has 0 bridgehead atoms. The number of nitrogens with zero attached hydrogens (tertiary/aromatic N) is 1. The molecule has 2 aliphatic rings. The molecule has 31 heavy (non-hydrogen) atoms. The average molecular weight is 417 g/mol. The molecule has 1 heterocycles. The largest absolute Gasteiger partial charge is 0.321 e. The summed E-state index contributed by atoms with van der Waals surface area (Å²) in [5.41, 5.74) is 4.09. The number of hydrogen-bond acceptors (Lipinski definition) is 3. The van der Waals surface area contributed by atoms with Gasteiger partial charge in [0.25, 0.3) is 5.91 Å². The predicted octanol–water partition coefficient (Wildman–Crippen LogP) is 4.77. The molecular formula is C26H28N2O3. The lowest BCUT2D eigenvalue weighted by Crippen LogP contribution is -2.31. The first-order chi connectivity index (χ1) is 15.0. The van der Waals surface area contributed by atoms with Crippen LogP contribution in [0.1, 0.15) is 48.7 Å². The smallest absolute Gasteiger partial charge is 0.255 e. The van der Waals surface area contributed by atoms with Gasteiger partial charge in [-0.1, -0.05) is 51.1 Å². The van der Waals surface area contributed by atoms with Crippen molar-refractivity contribution >= 4 is 29.1 Å². The Balaban J connectivity index is 1.55. The number of anilines is 2. The van der Waals surface area contributed by atoms with E-state index in [1.54, 1.807) is 24.3 Å². The van der Waals surface area contributed by atoms with Crippen molar-refractivity contribution < 1.29 is 14.4 Å². The first kappa shape index (κ1) is 21.0. The Hall–Kier alpha value is -3.21. The Morgan fingerprint density at radius 3 is 2.23 bits per heavy atom. The Morgan fingerprint density at radius 1 is 1.00 bits per heavy atom. The van der Waals surface area contributed by atoms with E-state index in [0.29, 0.717) is 17.7 Å². The molecule has 0 saturated carbocycles. The number of hydrogen-bond donors (Lipinski definition) is 1. The fourth-order valence-corrected chi connectivity index (χ4v) is 4.75. The standard InChI is InChI=1S/C26H28N2O3/c1-4-17-9-7-10-18(5-2)23(17)27-24(29)19-12-14-20(15-13-19)28-25(30)21-11-6-8-16(3)22(21)26(28)31/h6-10,12-16,21-22H,4-5,11H2,1-3H3,(H,27,29)/t16-,21-,22-/m1/s1. The third-order valence-electron chi connectivity index (χ3n) is 6.50. The van der Waals surface area contributed by atoms with Crippen molar-refractivity contribution in [2.24, 2.45) is 17.8 Å². The zero-order chi connectivity index (χ0) is 22.1. The number of imide groups is 1. The summed E-state index contributed by atoms with van der Waals surface area (Å²) in [6.07, 6.45) is 6.27. The summed E-state index contributed by atoms with van der Waals surface area (Å²) in [6, 6.07) is 12.8. The highest BCUT2D eigenvalue weighted by atomic mass is 16.2. The minimum absolute atomic E-state index is 0.0525. The molecule has 1 aliphatic carbocycles. The van der Waals surface area contributed by atoms with E-state index < -0.39 is 0 Å². The fourth-order valence-electron chi connectivity index (χ4n) is 4.75.